The Bertz CT molecular complexity index is 4320. The summed E-state index contributed by atoms with van der Waals surface area (Å²) in [6.07, 6.45) is 3.92. The molecule has 1 heterocycles. The van der Waals surface area contributed by atoms with Gasteiger partial charge in [-0.25, -0.2) is 0 Å². The van der Waals surface area contributed by atoms with Gasteiger partial charge in [-0.1, -0.05) is 267 Å². The maximum Gasteiger partial charge on any atom is 0.143 e. The third-order valence-corrected chi connectivity index (χ3v) is 17.5. The van der Waals surface area contributed by atoms with Crippen LogP contribution in [0.4, 0.5) is 0 Å². The van der Waals surface area contributed by atoms with Gasteiger partial charge >= 0.3 is 0 Å². The van der Waals surface area contributed by atoms with Crippen LogP contribution >= 0.6 is 0 Å². The molecule has 0 saturated carbocycles. The van der Waals surface area contributed by atoms with Crippen molar-refractivity contribution in [2.45, 2.75) is 42.9 Å². The predicted molar refractivity (Wildman–Crippen MR) is 324 cm³/mol. The van der Waals surface area contributed by atoms with Crippen molar-refractivity contribution in [2.24, 2.45) is 0 Å². The minimum absolute atomic E-state index is 0.126. The van der Waals surface area contributed by atoms with Gasteiger partial charge in [0.25, 0.3) is 0 Å². The quantitative estimate of drug-likeness (QED) is 0.133. The number of aryl methyl sites for hydroxylation is 2. The lowest BCUT2D eigenvalue weighted by Gasteiger charge is -2.35. The van der Waals surface area contributed by atoms with Gasteiger partial charge < -0.3 is 4.42 Å². The van der Waals surface area contributed by atoms with Crippen molar-refractivity contribution in [3.63, 3.8) is 0 Å². The standard InChI is InChI=1S/C77H56O/c1-5-21-52(22-6-1)53-41-43-56(44-42-53)60(54-23-7-2-8-24-54)46-39-51-40-47-63-61-31-15-13-25-55(61)45-48-64(69(63)49-51)66-34-20-38-72-73(66)70-50-57-26-14-16-32-62(57)74(76(70)78-72)68-36-19-35-67-65-33-17-18-37-71(65)77(75(67)68,58-27-9-3-10-28-58)59-29-11-4-12-30-59/h1-38,40-44,47,49-50,60,64H,39,45-46,48H2. The fraction of sp³-hybridized carbons (Fsp3) is 0.0909. The summed E-state index contributed by atoms with van der Waals surface area (Å²) in [4.78, 5) is 0. The second kappa shape index (κ2) is 19.1. The Kier molecular flexibility index (Phi) is 11.3. The normalized spacial score (nSPS) is 14.6. The zero-order valence-electron chi connectivity index (χ0n) is 43.4. The molecule has 2 atom stereocenters. The van der Waals surface area contributed by atoms with Gasteiger partial charge in [-0.2, -0.15) is 0 Å². The summed E-state index contributed by atoms with van der Waals surface area (Å²) in [5.41, 5.74) is 24.6. The number of benzene rings is 12. The highest BCUT2D eigenvalue weighted by molar-refractivity contribution is 6.20. The first-order chi connectivity index (χ1) is 38.7. The van der Waals surface area contributed by atoms with Gasteiger partial charge in [0.05, 0.1) is 5.41 Å². The Hall–Kier alpha value is -9.30. The van der Waals surface area contributed by atoms with E-state index in [-0.39, 0.29) is 11.8 Å². The zero-order valence-corrected chi connectivity index (χ0v) is 43.4. The van der Waals surface area contributed by atoms with E-state index in [0.717, 1.165) is 47.8 Å². The topological polar surface area (TPSA) is 13.1 Å². The van der Waals surface area contributed by atoms with E-state index in [9.17, 15) is 0 Å². The average Bonchev–Trinajstić information content (AvgIpc) is 4.20. The van der Waals surface area contributed by atoms with Crippen LogP contribution in [0.5, 0.6) is 0 Å². The molecule has 0 fully saturated rings. The van der Waals surface area contributed by atoms with E-state index in [1.807, 2.05) is 0 Å². The summed E-state index contributed by atoms with van der Waals surface area (Å²) in [7, 11) is 0. The molecule has 0 bridgehead atoms. The Labute approximate surface area is 456 Å². The van der Waals surface area contributed by atoms with Crippen LogP contribution in [-0.2, 0) is 18.3 Å². The van der Waals surface area contributed by atoms with Gasteiger partial charge in [0.15, 0.2) is 0 Å². The minimum Gasteiger partial charge on any atom is -0.455 e. The van der Waals surface area contributed by atoms with E-state index >= 15 is 0 Å². The molecule has 0 amide bonds. The van der Waals surface area contributed by atoms with Crippen LogP contribution in [0.25, 0.3) is 77.2 Å². The molecule has 13 aromatic rings. The maximum absolute atomic E-state index is 7.48. The highest BCUT2D eigenvalue weighted by atomic mass is 16.3. The molecule has 0 radical (unpaired) electrons. The molecular formula is C77H56O. The van der Waals surface area contributed by atoms with Crippen molar-refractivity contribution < 1.29 is 4.42 Å². The van der Waals surface area contributed by atoms with Gasteiger partial charge in [-0.3, -0.25) is 0 Å². The van der Waals surface area contributed by atoms with Crippen LogP contribution in [-0.4, -0.2) is 0 Å². The Balaban J connectivity index is 0.901. The summed E-state index contributed by atoms with van der Waals surface area (Å²) in [6, 6.07) is 104. The highest BCUT2D eigenvalue weighted by Gasteiger charge is 2.48. The average molecular weight is 997 g/mol. The summed E-state index contributed by atoms with van der Waals surface area (Å²) in [5.74, 6) is 0.383. The smallest absolute Gasteiger partial charge is 0.143 e. The number of rotatable bonds is 10. The molecule has 0 saturated heterocycles. The van der Waals surface area contributed by atoms with Crippen LogP contribution in [0.15, 0.2) is 283 Å². The van der Waals surface area contributed by atoms with E-state index in [1.54, 1.807) is 0 Å². The second-order valence-corrected chi connectivity index (χ2v) is 21.6. The highest BCUT2D eigenvalue weighted by Crippen LogP contribution is 2.60. The van der Waals surface area contributed by atoms with Gasteiger partial charge in [0.2, 0.25) is 0 Å². The van der Waals surface area contributed by atoms with Crippen molar-refractivity contribution in [1.29, 1.82) is 0 Å². The number of hydrogen-bond donors (Lipinski definition) is 0. The minimum atomic E-state index is -0.587. The molecule has 12 aromatic carbocycles. The van der Waals surface area contributed by atoms with E-state index in [4.69, 9.17) is 4.42 Å². The van der Waals surface area contributed by atoms with E-state index in [2.05, 4.69) is 279 Å². The van der Waals surface area contributed by atoms with Crippen molar-refractivity contribution in [3.05, 3.63) is 335 Å². The third kappa shape index (κ3) is 7.44. The van der Waals surface area contributed by atoms with Crippen molar-refractivity contribution >= 4 is 32.7 Å². The van der Waals surface area contributed by atoms with Gasteiger partial charge in [-0.05, 0) is 143 Å². The molecule has 2 aliphatic carbocycles. The van der Waals surface area contributed by atoms with E-state index < -0.39 is 5.41 Å². The first kappa shape index (κ1) is 46.0. The Morgan fingerprint density at radius 1 is 0.436 bits per heavy atom. The van der Waals surface area contributed by atoms with Crippen molar-refractivity contribution in [1.82, 2.24) is 0 Å². The molecule has 2 aliphatic rings. The molecule has 1 heteroatoms. The largest absolute Gasteiger partial charge is 0.455 e. The summed E-state index contributed by atoms with van der Waals surface area (Å²) in [6.45, 7) is 0. The molecule has 0 aliphatic heterocycles. The van der Waals surface area contributed by atoms with Gasteiger partial charge in [0, 0.05) is 28.2 Å². The molecule has 1 aromatic heterocycles. The second-order valence-electron chi connectivity index (χ2n) is 21.6. The van der Waals surface area contributed by atoms with E-state index in [1.165, 1.54) is 111 Å². The van der Waals surface area contributed by atoms with Crippen molar-refractivity contribution in [2.75, 3.05) is 0 Å². The van der Waals surface area contributed by atoms with Gasteiger partial charge in [-0.15, -0.1) is 0 Å². The first-order valence-corrected chi connectivity index (χ1v) is 27.8. The van der Waals surface area contributed by atoms with E-state index in [0.29, 0.717) is 0 Å². The molecule has 78 heavy (non-hydrogen) atoms. The summed E-state index contributed by atoms with van der Waals surface area (Å²) < 4.78 is 7.48. The summed E-state index contributed by atoms with van der Waals surface area (Å²) >= 11 is 0. The molecule has 2 unspecified atom stereocenters. The van der Waals surface area contributed by atoms with Crippen LogP contribution in [0.2, 0.25) is 0 Å². The van der Waals surface area contributed by atoms with Crippen LogP contribution in [0.1, 0.15) is 80.3 Å². The van der Waals surface area contributed by atoms with Crippen molar-refractivity contribution in [3.8, 4) is 44.5 Å². The zero-order chi connectivity index (χ0) is 51.6. The SMILES string of the molecule is c1ccc(-c2ccc(C(CCc3ccc4c(c3)C(c3cccc5oc6c(-c7cccc8c7C(c7ccccc7)(c7ccccc7)c7ccccc7-8)c7ccccc7cc6c35)CCc3ccccc3-4)c3ccccc3)cc2)cc1. The molecule has 15 rings (SSSR count). The van der Waals surface area contributed by atoms with Crippen LogP contribution in [0.3, 0.4) is 0 Å². The van der Waals surface area contributed by atoms with Gasteiger partial charge in [0.1, 0.15) is 11.2 Å². The molecule has 0 spiro atoms. The Morgan fingerprint density at radius 2 is 1.05 bits per heavy atom. The first-order valence-electron chi connectivity index (χ1n) is 27.8. The lowest BCUT2D eigenvalue weighted by atomic mass is 9.66. The summed E-state index contributed by atoms with van der Waals surface area (Å²) in [5, 5.41) is 4.76. The predicted octanol–water partition coefficient (Wildman–Crippen LogP) is 19.9. The number of furan rings is 1. The lowest BCUT2D eigenvalue weighted by Crippen LogP contribution is -2.29. The third-order valence-electron chi connectivity index (χ3n) is 17.5. The van der Waals surface area contributed by atoms with Crippen LogP contribution < -0.4 is 0 Å². The lowest BCUT2D eigenvalue weighted by molar-refractivity contribution is 0.668. The molecular weight excluding hydrogens is 941 g/mol. The molecule has 1 nitrogen and oxygen atoms in total. The Morgan fingerprint density at radius 3 is 1.83 bits per heavy atom. The van der Waals surface area contributed by atoms with Crippen LogP contribution in [0, 0.1) is 0 Å². The monoisotopic (exact) mass is 996 g/mol. The maximum atomic E-state index is 7.48. The molecule has 370 valence electrons. The molecule has 0 N–H and O–H groups in total. The fourth-order valence-electron chi connectivity index (χ4n) is 14.1. The number of fused-ring (bicyclic) bond motifs is 10. The fourth-order valence-corrected chi connectivity index (χ4v) is 14.1. The number of hydrogen-bond acceptors (Lipinski definition) is 1.